The predicted octanol–water partition coefficient (Wildman–Crippen LogP) is 10.1. The van der Waals surface area contributed by atoms with Crippen LogP contribution in [0.3, 0.4) is 0 Å². The molecule has 1 aliphatic heterocycles. The maximum atomic E-state index is 7.07. The number of para-hydroxylation sites is 1. The maximum Gasteiger partial charge on any atom is 0.326 e. The second-order valence-electron chi connectivity index (χ2n) is 14.5. The van der Waals surface area contributed by atoms with Gasteiger partial charge in [0.2, 0.25) is 0 Å². The van der Waals surface area contributed by atoms with Gasteiger partial charge in [-0.1, -0.05) is 125 Å². The van der Waals surface area contributed by atoms with E-state index in [0.717, 1.165) is 28.8 Å². The van der Waals surface area contributed by atoms with Gasteiger partial charge in [-0.15, -0.1) is 0 Å². The lowest BCUT2D eigenvalue weighted by Gasteiger charge is -2.37. The van der Waals surface area contributed by atoms with Gasteiger partial charge in [0.25, 0.3) is 0 Å². The summed E-state index contributed by atoms with van der Waals surface area (Å²) in [4.78, 5) is 0. The molecule has 4 rings (SSSR count). The Labute approximate surface area is 226 Å². The molecule has 1 atom stereocenters. The smallest absolute Gasteiger partial charge is 0.326 e. The Bertz CT molecular complexity index is 1250. The first-order chi connectivity index (χ1) is 17.0. The molecule has 0 bridgehead atoms. The Balaban J connectivity index is 1.90. The minimum atomic E-state index is -1.34. The summed E-state index contributed by atoms with van der Waals surface area (Å²) in [6, 6.07) is 21.6. The lowest BCUT2D eigenvalue weighted by molar-refractivity contribution is 0.283. The fourth-order valence-electron chi connectivity index (χ4n) is 5.58. The fourth-order valence-corrected chi connectivity index (χ4v) is 7.11. The molecule has 1 heterocycles. The van der Waals surface area contributed by atoms with Crippen LogP contribution in [0.25, 0.3) is 11.1 Å². The minimum absolute atomic E-state index is 0.0367. The topological polar surface area (TPSA) is 18.5 Å². The van der Waals surface area contributed by atoms with Crippen LogP contribution in [-0.2, 0) is 16.2 Å². The van der Waals surface area contributed by atoms with E-state index in [4.69, 9.17) is 9.05 Å². The van der Waals surface area contributed by atoms with E-state index in [2.05, 4.69) is 131 Å². The first-order valence-corrected chi connectivity index (χ1v) is 14.7. The van der Waals surface area contributed by atoms with Crippen LogP contribution in [0, 0.1) is 5.41 Å². The van der Waals surface area contributed by atoms with Crippen molar-refractivity contribution in [3.8, 4) is 22.6 Å². The van der Waals surface area contributed by atoms with Crippen LogP contribution in [0.15, 0.2) is 60.7 Å². The minimum Gasteiger partial charge on any atom is -0.435 e. The highest BCUT2D eigenvalue weighted by atomic mass is 31.2. The molecule has 0 saturated carbocycles. The third-order valence-corrected chi connectivity index (χ3v) is 8.59. The molecule has 3 heteroatoms. The van der Waals surface area contributed by atoms with E-state index in [-0.39, 0.29) is 21.7 Å². The lowest BCUT2D eigenvalue weighted by Crippen LogP contribution is -2.28. The molecule has 1 aliphatic rings. The third-order valence-electron chi connectivity index (χ3n) is 7.09. The monoisotopic (exact) mass is 516 g/mol. The summed E-state index contributed by atoms with van der Waals surface area (Å²) in [5.41, 5.74) is 6.30. The zero-order valence-corrected chi connectivity index (χ0v) is 25.6. The van der Waals surface area contributed by atoms with Crippen molar-refractivity contribution in [1.29, 1.82) is 0 Å². The highest BCUT2D eigenvalue weighted by molar-refractivity contribution is 7.57. The number of rotatable bonds is 4. The average molecular weight is 517 g/mol. The summed E-state index contributed by atoms with van der Waals surface area (Å²) in [5, 5.41) is 1.13. The van der Waals surface area contributed by atoms with Gasteiger partial charge in [-0.3, -0.25) is 0 Å². The molecule has 37 heavy (non-hydrogen) atoms. The van der Waals surface area contributed by atoms with Gasteiger partial charge in [-0.05, 0) is 51.3 Å². The summed E-state index contributed by atoms with van der Waals surface area (Å²) >= 11 is 0. The van der Waals surface area contributed by atoms with Crippen LogP contribution in [0.1, 0.15) is 99.3 Å². The first kappa shape index (κ1) is 27.7. The Morgan fingerprint density at radius 1 is 0.676 bits per heavy atom. The van der Waals surface area contributed by atoms with Gasteiger partial charge in [-0.25, -0.2) is 0 Å². The number of hydrogen-bond acceptors (Lipinski definition) is 2. The normalized spacial score (nSPS) is 16.0. The van der Waals surface area contributed by atoms with Crippen molar-refractivity contribution in [2.24, 2.45) is 5.41 Å². The van der Waals surface area contributed by atoms with Gasteiger partial charge < -0.3 is 9.05 Å². The molecular formula is C34H45O2P. The van der Waals surface area contributed by atoms with E-state index in [9.17, 15) is 0 Å². The predicted molar refractivity (Wildman–Crippen MR) is 161 cm³/mol. The summed E-state index contributed by atoms with van der Waals surface area (Å²) in [6.45, 7) is 25.5. The quantitative estimate of drug-likeness (QED) is 0.321. The summed E-state index contributed by atoms with van der Waals surface area (Å²) in [5.74, 6) is 1.88. The van der Waals surface area contributed by atoms with E-state index in [1.807, 2.05) is 6.07 Å². The zero-order chi connectivity index (χ0) is 27.4. The van der Waals surface area contributed by atoms with Crippen molar-refractivity contribution in [2.45, 2.75) is 98.8 Å². The molecule has 0 saturated heterocycles. The van der Waals surface area contributed by atoms with Crippen molar-refractivity contribution in [3.63, 3.8) is 0 Å². The van der Waals surface area contributed by atoms with Crippen LogP contribution >= 0.6 is 8.38 Å². The average Bonchev–Trinajstić information content (AvgIpc) is 2.76. The standard InChI is InChI=1S/C34H45O2P/c1-31(2,3)22-34(10,11)23-20-26(32(4,5)6)30(27(21-23)33(7,8)9)36-37-29-19-15-13-17-25(29)24-16-12-14-18-28(24)35-37/h12-21H,22H2,1-11H3. The zero-order valence-electron chi connectivity index (χ0n) is 24.7. The summed E-state index contributed by atoms with van der Waals surface area (Å²) in [7, 11) is -1.34. The molecule has 3 aromatic rings. The van der Waals surface area contributed by atoms with Gasteiger partial charge in [0.05, 0.1) is 5.30 Å². The van der Waals surface area contributed by atoms with E-state index in [1.54, 1.807) is 0 Å². The van der Waals surface area contributed by atoms with Crippen molar-refractivity contribution in [3.05, 3.63) is 77.4 Å². The number of hydrogen-bond donors (Lipinski definition) is 0. The Morgan fingerprint density at radius 2 is 1.19 bits per heavy atom. The highest BCUT2D eigenvalue weighted by Gasteiger charge is 2.36. The SMILES string of the molecule is CC(C)(C)CC(C)(C)c1cc(C(C)(C)C)c(OP2Oc3ccccc3-c3ccccc32)c(C(C)(C)C)c1. The molecule has 1 unspecified atom stereocenters. The van der Waals surface area contributed by atoms with Crippen molar-refractivity contribution in [1.82, 2.24) is 0 Å². The molecule has 3 aromatic carbocycles. The van der Waals surface area contributed by atoms with Crippen molar-refractivity contribution >= 4 is 13.7 Å². The maximum absolute atomic E-state index is 7.07. The molecule has 0 radical (unpaired) electrons. The van der Waals surface area contributed by atoms with Crippen molar-refractivity contribution < 1.29 is 9.05 Å². The second-order valence-corrected chi connectivity index (χ2v) is 15.8. The van der Waals surface area contributed by atoms with Crippen LogP contribution in [-0.4, -0.2) is 0 Å². The number of fused-ring (bicyclic) bond motifs is 3. The lowest BCUT2D eigenvalue weighted by atomic mass is 9.69. The molecule has 0 aliphatic carbocycles. The molecule has 0 N–H and O–H groups in total. The van der Waals surface area contributed by atoms with Crippen LogP contribution in [0.2, 0.25) is 0 Å². The van der Waals surface area contributed by atoms with E-state index in [1.165, 1.54) is 22.3 Å². The van der Waals surface area contributed by atoms with Gasteiger partial charge in [0.1, 0.15) is 11.5 Å². The molecule has 198 valence electrons. The Hall–Kier alpha value is -2.31. The molecule has 0 amide bonds. The van der Waals surface area contributed by atoms with Crippen LogP contribution in [0.5, 0.6) is 11.5 Å². The van der Waals surface area contributed by atoms with Crippen LogP contribution < -0.4 is 14.4 Å². The summed E-state index contributed by atoms with van der Waals surface area (Å²) < 4.78 is 13.7. The Morgan fingerprint density at radius 3 is 1.73 bits per heavy atom. The van der Waals surface area contributed by atoms with Crippen molar-refractivity contribution in [2.75, 3.05) is 0 Å². The van der Waals surface area contributed by atoms with E-state index >= 15 is 0 Å². The van der Waals surface area contributed by atoms with Gasteiger partial charge >= 0.3 is 8.38 Å². The third kappa shape index (κ3) is 5.91. The van der Waals surface area contributed by atoms with E-state index in [0.29, 0.717) is 0 Å². The Kier molecular flexibility index (Phi) is 7.09. The molecule has 0 fully saturated rings. The first-order valence-electron chi connectivity index (χ1n) is 13.5. The molecule has 0 aromatic heterocycles. The van der Waals surface area contributed by atoms with Crippen LogP contribution in [0.4, 0.5) is 0 Å². The fraction of sp³-hybridized carbons (Fsp3) is 0.471. The van der Waals surface area contributed by atoms with Gasteiger partial charge in [0.15, 0.2) is 0 Å². The number of benzene rings is 3. The highest BCUT2D eigenvalue weighted by Crippen LogP contribution is 2.53. The second kappa shape index (κ2) is 9.46. The molecular weight excluding hydrogens is 471 g/mol. The van der Waals surface area contributed by atoms with E-state index < -0.39 is 8.38 Å². The summed E-state index contributed by atoms with van der Waals surface area (Å²) in [6.07, 6.45) is 1.10. The van der Waals surface area contributed by atoms with Gasteiger partial charge in [-0.2, -0.15) is 0 Å². The molecule has 2 nitrogen and oxygen atoms in total. The van der Waals surface area contributed by atoms with Gasteiger partial charge in [0, 0.05) is 16.7 Å². The largest absolute Gasteiger partial charge is 0.435 e. The molecule has 0 spiro atoms.